The van der Waals surface area contributed by atoms with Crippen LogP contribution in [0.4, 0.5) is 0 Å². The molecule has 0 aliphatic rings. The number of benzene rings is 2. The zero-order valence-electron chi connectivity index (χ0n) is 11.3. The summed E-state index contributed by atoms with van der Waals surface area (Å²) < 4.78 is 6.88. The van der Waals surface area contributed by atoms with E-state index in [-0.39, 0.29) is 0 Å². The number of hydrogen-bond donors (Lipinski definition) is 0. The van der Waals surface area contributed by atoms with Gasteiger partial charge in [0.05, 0.1) is 0 Å². The summed E-state index contributed by atoms with van der Waals surface area (Å²) in [5.41, 5.74) is 4.62. The predicted molar refractivity (Wildman–Crippen MR) is 84.1 cm³/mol. The van der Waals surface area contributed by atoms with Crippen LogP contribution in [0.5, 0.6) is 5.75 Å². The molecule has 2 aromatic carbocycles. The van der Waals surface area contributed by atoms with E-state index >= 15 is 0 Å². The molecule has 1 nitrogen and oxygen atoms in total. The summed E-state index contributed by atoms with van der Waals surface area (Å²) in [5.74, 6) is 0.927. The van der Waals surface area contributed by atoms with Crippen molar-refractivity contribution in [3.8, 4) is 5.75 Å². The Morgan fingerprint density at radius 1 is 1.11 bits per heavy atom. The second-order valence-electron chi connectivity index (χ2n) is 4.73. The summed E-state index contributed by atoms with van der Waals surface area (Å²) >= 11 is 9.59. The van der Waals surface area contributed by atoms with Crippen molar-refractivity contribution in [1.82, 2.24) is 0 Å². The second kappa shape index (κ2) is 5.98. The fraction of sp³-hybridized carbons (Fsp3) is 0.250. The van der Waals surface area contributed by atoms with E-state index in [2.05, 4.69) is 48.8 Å². The molecule has 3 heteroatoms. The van der Waals surface area contributed by atoms with Crippen LogP contribution in [-0.2, 0) is 6.61 Å². The van der Waals surface area contributed by atoms with Crippen molar-refractivity contribution in [2.75, 3.05) is 0 Å². The molecule has 0 heterocycles. The lowest BCUT2D eigenvalue weighted by atomic mass is 10.1. The van der Waals surface area contributed by atoms with Crippen molar-refractivity contribution in [1.29, 1.82) is 0 Å². The number of rotatable bonds is 3. The van der Waals surface area contributed by atoms with Crippen LogP contribution >= 0.6 is 27.5 Å². The summed E-state index contributed by atoms with van der Waals surface area (Å²) in [6, 6.07) is 10.1. The molecule has 0 aliphatic heterocycles. The van der Waals surface area contributed by atoms with E-state index in [0.29, 0.717) is 6.61 Å². The lowest BCUT2D eigenvalue weighted by molar-refractivity contribution is 0.303. The first-order valence-electron chi connectivity index (χ1n) is 6.12. The fourth-order valence-corrected chi connectivity index (χ4v) is 2.67. The molecule has 100 valence electrons. The quantitative estimate of drug-likeness (QED) is 0.706. The van der Waals surface area contributed by atoms with Gasteiger partial charge in [-0.05, 0) is 55.7 Å². The summed E-state index contributed by atoms with van der Waals surface area (Å²) in [6.07, 6.45) is 0. The SMILES string of the molecule is Cc1cc(C)c(C)c(OCc2ccc(Br)cc2Cl)c1. The highest BCUT2D eigenvalue weighted by molar-refractivity contribution is 9.10. The Balaban J connectivity index is 2.19. The van der Waals surface area contributed by atoms with Crippen molar-refractivity contribution >= 4 is 27.5 Å². The molecule has 0 aromatic heterocycles. The topological polar surface area (TPSA) is 9.23 Å². The molecule has 0 saturated heterocycles. The monoisotopic (exact) mass is 338 g/mol. The van der Waals surface area contributed by atoms with Crippen LogP contribution in [0.2, 0.25) is 5.02 Å². The predicted octanol–water partition coefficient (Wildman–Crippen LogP) is 5.61. The highest BCUT2D eigenvalue weighted by Gasteiger charge is 2.06. The van der Waals surface area contributed by atoms with E-state index in [1.165, 1.54) is 16.7 Å². The van der Waals surface area contributed by atoms with Gasteiger partial charge in [0.2, 0.25) is 0 Å². The molecule has 0 N–H and O–H groups in total. The van der Waals surface area contributed by atoms with Crippen molar-refractivity contribution in [2.45, 2.75) is 27.4 Å². The van der Waals surface area contributed by atoms with Gasteiger partial charge >= 0.3 is 0 Å². The zero-order chi connectivity index (χ0) is 14.0. The molecule has 0 atom stereocenters. The van der Waals surface area contributed by atoms with Crippen LogP contribution in [0.15, 0.2) is 34.8 Å². The third-order valence-corrected chi connectivity index (χ3v) is 4.01. The first kappa shape index (κ1) is 14.4. The van der Waals surface area contributed by atoms with Gasteiger partial charge in [-0.1, -0.05) is 39.7 Å². The first-order valence-corrected chi connectivity index (χ1v) is 7.29. The second-order valence-corrected chi connectivity index (χ2v) is 6.05. The van der Waals surface area contributed by atoms with Crippen LogP contribution in [0, 0.1) is 20.8 Å². The molecule has 0 aliphatic carbocycles. The summed E-state index contributed by atoms with van der Waals surface area (Å²) in [4.78, 5) is 0. The van der Waals surface area contributed by atoms with E-state index in [1.807, 2.05) is 18.2 Å². The maximum absolute atomic E-state index is 6.19. The molecule has 0 unspecified atom stereocenters. The normalized spacial score (nSPS) is 10.6. The molecule has 0 amide bonds. The van der Waals surface area contributed by atoms with E-state index < -0.39 is 0 Å². The van der Waals surface area contributed by atoms with E-state index in [0.717, 1.165) is 20.8 Å². The Hall–Kier alpha value is -0.990. The molecular formula is C16H16BrClO. The number of ether oxygens (including phenoxy) is 1. The zero-order valence-corrected chi connectivity index (χ0v) is 13.6. The van der Waals surface area contributed by atoms with Crippen molar-refractivity contribution in [3.05, 3.63) is 62.1 Å². The maximum Gasteiger partial charge on any atom is 0.123 e. The van der Waals surface area contributed by atoms with Crippen molar-refractivity contribution in [2.24, 2.45) is 0 Å². The largest absolute Gasteiger partial charge is 0.489 e. The molecule has 2 rings (SSSR count). The van der Waals surface area contributed by atoms with E-state index in [1.54, 1.807) is 0 Å². The maximum atomic E-state index is 6.19. The van der Waals surface area contributed by atoms with Gasteiger partial charge < -0.3 is 4.74 Å². The lowest BCUT2D eigenvalue weighted by Gasteiger charge is -2.13. The van der Waals surface area contributed by atoms with Crippen LogP contribution in [0.3, 0.4) is 0 Å². The summed E-state index contributed by atoms with van der Waals surface area (Å²) in [7, 11) is 0. The highest BCUT2D eigenvalue weighted by atomic mass is 79.9. The molecule has 19 heavy (non-hydrogen) atoms. The molecular weight excluding hydrogens is 324 g/mol. The lowest BCUT2D eigenvalue weighted by Crippen LogP contribution is -1.99. The minimum Gasteiger partial charge on any atom is -0.489 e. The van der Waals surface area contributed by atoms with E-state index in [9.17, 15) is 0 Å². The van der Waals surface area contributed by atoms with Crippen molar-refractivity contribution in [3.63, 3.8) is 0 Å². The van der Waals surface area contributed by atoms with Gasteiger partial charge in [0.1, 0.15) is 12.4 Å². The summed E-state index contributed by atoms with van der Waals surface area (Å²) in [5, 5.41) is 0.719. The van der Waals surface area contributed by atoms with Crippen LogP contribution < -0.4 is 4.74 Å². The Bertz CT molecular complexity index is 608. The van der Waals surface area contributed by atoms with Crippen LogP contribution in [0.1, 0.15) is 22.3 Å². The fourth-order valence-electron chi connectivity index (χ4n) is 1.94. The van der Waals surface area contributed by atoms with Gasteiger partial charge in [0, 0.05) is 15.1 Å². The minimum absolute atomic E-state index is 0.482. The molecule has 0 radical (unpaired) electrons. The van der Waals surface area contributed by atoms with E-state index in [4.69, 9.17) is 16.3 Å². The highest BCUT2D eigenvalue weighted by Crippen LogP contribution is 2.26. The standard InChI is InChI=1S/C16H16BrClO/c1-10-6-11(2)12(3)16(7-10)19-9-13-4-5-14(17)8-15(13)18/h4-8H,9H2,1-3H3. The van der Waals surface area contributed by atoms with Crippen LogP contribution in [0.25, 0.3) is 0 Å². The third-order valence-electron chi connectivity index (χ3n) is 3.16. The van der Waals surface area contributed by atoms with Gasteiger partial charge in [0.15, 0.2) is 0 Å². The number of aryl methyl sites for hydroxylation is 2. The summed E-state index contributed by atoms with van der Waals surface area (Å²) in [6.45, 7) is 6.73. The number of hydrogen-bond acceptors (Lipinski definition) is 1. The number of halogens is 2. The van der Waals surface area contributed by atoms with Crippen LogP contribution in [-0.4, -0.2) is 0 Å². The van der Waals surface area contributed by atoms with Gasteiger partial charge in [0.25, 0.3) is 0 Å². The van der Waals surface area contributed by atoms with Gasteiger partial charge in [-0.15, -0.1) is 0 Å². The van der Waals surface area contributed by atoms with Gasteiger partial charge in [-0.25, -0.2) is 0 Å². The smallest absolute Gasteiger partial charge is 0.123 e. The molecule has 2 aromatic rings. The molecule has 0 fully saturated rings. The Labute approximate surface area is 127 Å². The van der Waals surface area contributed by atoms with Gasteiger partial charge in [-0.2, -0.15) is 0 Å². The minimum atomic E-state index is 0.482. The molecule has 0 bridgehead atoms. The first-order chi connectivity index (χ1) is 8.97. The Morgan fingerprint density at radius 3 is 2.53 bits per heavy atom. The average molecular weight is 340 g/mol. The molecule has 0 spiro atoms. The van der Waals surface area contributed by atoms with Gasteiger partial charge in [-0.3, -0.25) is 0 Å². The Morgan fingerprint density at radius 2 is 1.84 bits per heavy atom. The molecule has 0 saturated carbocycles. The Kier molecular flexibility index (Phi) is 4.54. The van der Waals surface area contributed by atoms with Crippen molar-refractivity contribution < 1.29 is 4.74 Å². The average Bonchev–Trinajstić information content (AvgIpc) is 2.33. The third kappa shape index (κ3) is 3.52.